The lowest BCUT2D eigenvalue weighted by molar-refractivity contribution is -0.0995. The van der Waals surface area contributed by atoms with Crippen molar-refractivity contribution >= 4 is 5.82 Å². The molecule has 1 aromatic carbocycles. The number of fused-ring (bicyclic) bond motifs is 1. The van der Waals surface area contributed by atoms with Crippen LogP contribution in [0.4, 0.5) is 14.6 Å². The van der Waals surface area contributed by atoms with Crippen LogP contribution in [0.1, 0.15) is 80.8 Å². The highest BCUT2D eigenvalue weighted by Gasteiger charge is 2.47. The Bertz CT molecular complexity index is 1190. The van der Waals surface area contributed by atoms with Gasteiger partial charge in [-0.3, -0.25) is 4.90 Å². The summed E-state index contributed by atoms with van der Waals surface area (Å²) in [7, 11) is 1.34. The maximum Gasteiger partial charge on any atom is 0.171 e. The lowest BCUT2D eigenvalue weighted by Gasteiger charge is -2.32. The Morgan fingerprint density at radius 2 is 2.02 bits per heavy atom. The molecule has 9 heteroatoms. The van der Waals surface area contributed by atoms with E-state index in [1.165, 1.54) is 39.0 Å². The van der Waals surface area contributed by atoms with E-state index in [9.17, 15) is 19.0 Å². The highest BCUT2D eigenvalue weighted by molar-refractivity contribution is 5.47. The van der Waals surface area contributed by atoms with E-state index >= 15 is 0 Å². The number of anilines is 1. The summed E-state index contributed by atoms with van der Waals surface area (Å²) in [5.74, 6) is 1.08. The molecule has 1 saturated carbocycles. The van der Waals surface area contributed by atoms with Crippen LogP contribution in [0.3, 0.4) is 0 Å². The zero-order valence-corrected chi connectivity index (χ0v) is 24.5. The molecule has 7 nitrogen and oxygen atoms in total. The molecule has 2 aliphatic heterocycles. The highest BCUT2D eigenvalue weighted by Crippen LogP contribution is 2.47. The standard InChI is InChI=1S/C32H45F2N3O4/c1-32(2,34)22-16-25(29(40-3)26(33)17-22)28(31(38)39)37-14-12-21(19-37)24-18-27(24)41-15-6-4-5-9-23-11-10-20-8-7-13-35-30(20)36-23/h10-11,16-17,21,24,27-28,31,38-39H,4-9,12-15,18-19H2,1-3H3,(H,35,36). The third-order valence-corrected chi connectivity index (χ3v) is 8.96. The number of benzene rings is 1. The molecule has 2 aromatic rings. The van der Waals surface area contributed by atoms with Crippen LogP contribution in [-0.4, -0.2) is 65.8 Å². The number of hydrogen-bond donors (Lipinski definition) is 3. The first kappa shape index (κ1) is 30.1. The predicted molar refractivity (Wildman–Crippen MR) is 154 cm³/mol. The number of aromatic nitrogens is 1. The van der Waals surface area contributed by atoms with E-state index in [4.69, 9.17) is 14.5 Å². The summed E-state index contributed by atoms with van der Waals surface area (Å²) in [4.78, 5) is 6.74. The number of likely N-dealkylation sites (tertiary alicyclic amines) is 1. The molecule has 0 spiro atoms. The normalized spacial score (nSPS) is 23.4. The van der Waals surface area contributed by atoms with Crippen LogP contribution in [-0.2, 0) is 23.2 Å². The van der Waals surface area contributed by atoms with Gasteiger partial charge in [-0.15, -0.1) is 0 Å². The van der Waals surface area contributed by atoms with Crippen LogP contribution >= 0.6 is 0 Å². The van der Waals surface area contributed by atoms with E-state index in [1.807, 2.05) is 4.90 Å². The van der Waals surface area contributed by atoms with E-state index in [0.29, 0.717) is 24.9 Å². The van der Waals surface area contributed by atoms with Crippen LogP contribution in [0.25, 0.3) is 0 Å². The Kier molecular flexibility index (Phi) is 9.48. The fourth-order valence-corrected chi connectivity index (χ4v) is 6.56. The van der Waals surface area contributed by atoms with Gasteiger partial charge in [0.2, 0.25) is 0 Å². The third kappa shape index (κ3) is 7.19. The van der Waals surface area contributed by atoms with Gasteiger partial charge in [-0.1, -0.05) is 12.5 Å². The molecule has 41 heavy (non-hydrogen) atoms. The molecule has 1 aromatic heterocycles. The maximum absolute atomic E-state index is 14.9. The number of rotatable bonds is 13. The smallest absolute Gasteiger partial charge is 0.171 e. The van der Waals surface area contributed by atoms with E-state index in [-0.39, 0.29) is 23.0 Å². The molecule has 3 N–H and O–H groups in total. The second kappa shape index (κ2) is 12.9. The van der Waals surface area contributed by atoms with Crippen molar-refractivity contribution in [3.63, 3.8) is 0 Å². The molecule has 1 aliphatic carbocycles. The minimum absolute atomic E-state index is 0.0775. The van der Waals surface area contributed by atoms with Gasteiger partial charge in [0, 0.05) is 31.0 Å². The minimum atomic E-state index is -1.78. The molecule has 3 aliphatic rings. The number of alkyl halides is 1. The van der Waals surface area contributed by atoms with Gasteiger partial charge in [0.05, 0.1) is 19.3 Å². The van der Waals surface area contributed by atoms with Crippen LogP contribution in [0.15, 0.2) is 24.3 Å². The third-order valence-electron chi connectivity index (χ3n) is 8.96. The summed E-state index contributed by atoms with van der Waals surface area (Å²) in [5, 5.41) is 24.1. The van der Waals surface area contributed by atoms with Crippen LogP contribution in [0.2, 0.25) is 0 Å². The van der Waals surface area contributed by atoms with Crippen LogP contribution < -0.4 is 10.1 Å². The zero-order chi connectivity index (χ0) is 29.1. The summed E-state index contributed by atoms with van der Waals surface area (Å²) in [6.45, 7) is 5.74. The summed E-state index contributed by atoms with van der Waals surface area (Å²) >= 11 is 0. The lowest BCUT2D eigenvalue weighted by atomic mass is 9.93. The molecule has 1 saturated heterocycles. The number of aliphatic hydroxyl groups is 2. The summed E-state index contributed by atoms with van der Waals surface area (Å²) in [6.07, 6.45) is 6.88. The first-order chi connectivity index (χ1) is 19.7. The van der Waals surface area contributed by atoms with Crippen molar-refractivity contribution < 1.29 is 28.5 Å². The van der Waals surface area contributed by atoms with Crippen LogP contribution in [0, 0.1) is 17.7 Å². The van der Waals surface area contributed by atoms with Crippen molar-refractivity contribution in [3.8, 4) is 5.75 Å². The second-order valence-electron chi connectivity index (χ2n) is 12.4. The Hall–Kier alpha value is -2.33. The molecular formula is C32H45F2N3O4. The van der Waals surface area contributed by atoms with Crippen molar-refractivity contribution in [3.05, 3.63) is 52.5 Å². The second-order valence-corrected chi connectivity index (χ2v) is 12.4. The molecule has 4 unspecified atom stereocenters. The first-order valence-corrected chi connectivity index (χ1v) is 15.2. The summed E-state index contributed by atoms with van der Waals surface area (Å²) < 4.78 is 41.1. The SMILES string of the molecule is COc1c(F)cc(C(C)(C)F)cc1C(C(O)O)N1CCC(C2CC2OCCCCCc2ccc3c(n2)NCCC3)C1. The monoisotopic (exact) mass is 573 g/mol. The number of methoxy groups -OCH3 is 1. The van der Waals surface area contributed by atoms with Gasteiger partial charge in [0.25, 0.3) is 0 Å². The van der Waals surface area contributed by atoms with Crippen molar-refractivity contribution in [2.75, 3.05) is 38.7 Å². The molecule has 0 bridgehead atoms. The van der Waals surface area contributed by atoms with Gasteiger partial charge >= 0.3 is 0 Å². The van der Waals surface area contributed by atoms with E-state index in [0.717, 1.165) is 75.7 Å². The number of aliphatic hydroxyl groups excluding tert-OH is 1. The molecule has 5 rings (SSSR count). The average molecular weight is 574 g/mol. The number of nitrogens with zero attached hydrogens (tertiary/aromatic N) is 2. The maximum atomic E-state index is 14.9. The summed E-state index contributed by atoms with van der Waals surface area (Å²) in [6, 6.07) is 6.08. The zero-order valence-electron chi connectivity index (χ0n) is 24.5. The van der Waals surface area contributed by atoms with Gasteiger partial charge in [0.1, 0.15) is 11.5 Å². The molecular weight excluding hydrogens is 528 g/mol. The van der Waals surface area contributed by atoms with Crippen molar-refractivity contribution in [1.29, 1.82) is 0 Å². The quantitative estimate of drug-likeness (QED) is 0.222. The van der Waals surface area contributed by atoms with Crippen molar-refractivity contribution in [2.45, 2.75) is 89.3 Å². The average Bonchev–Trinajstić information content (AvgIpc) is 3.55. The van der Waals surface area contributed by atoms with Gasteiger partial charge in [0.15, 0.2) is 17.9 Å². The Labute approximate surface area is 242 Å². The minimum Gasteiger partial charge on any atom is -0.493 e. The fraction of sp³-hybridized carbons (Fsp3) is 0.656. The first-order valence-electron chi connectivity index (χ1n) is 15.2. The fourth-order valence-electron chi connectivity index (χ4n) is 6.56. The topological polar surface area (TPSA) is 87.1 Å². The molecule has 4 atom stereocenters. The van der Waals surface area contributed by atoms with Crippen molar-refractivity contribution in [1.82, 2.24) is 9.88 Å². The summed E-state index contributed by atoms with van der Waals surface area (Å²) in [5.41, 5.74) is 1.09. The van der Waals surface area contributed by atoms with Gasteiger partial charge in [-0.2, -0.15) is 0 Å². The van der Waals surface area contributed by atoms with Gasteiger partial charge in [-0.25, -0.2) is 13.8 Å². The largest absolute Gasteiger partial charge is 0.493 e. The Morgan fingerprint density at radius 3 is 2.78 bits per heavy atom. The number of hydrogen-bond acceptors (Lipinski definition) is 7. The Morgan fingerprint density at radius 1 is 1.20 bits per heavy atom. The Balaban J connectivity index is 1.08. The van der Waals surface area contributed by atoms with Gasteiger partial charge < -0.3 is 25.0 Å². The number of pyridine rings is 1. The number of unbranched alkanes of at least 4 members (excludes halogenated alkanes) is 2. The number of halogens is 2. The highest BCUT2D eigenvalue weighted by atomic mass is 19.1. The molecule has 2 fully saturated rings. The molecule has 0 amide bonds. The predicted octanol–water partition coefficient (Wildman–Crippen LogP) is 5.28. The molecule has 226 valence electrons. The molecule has 0 radical (unpaired) electrons. The molecule has 3 heterocycles. The van der Waals surface area contributed by atoms with Crippen LogP contribution in [0.5, 0.6) is 5.75 Å². The number of ether oxygens (including phenoxy) is 2. The number of aryl methyl sites for hydroxylation is 2. The van der Waals surface area contributed by atoms with E-state index in [1.54, 1.807) is 0 Å². The van der Waals surface area contributed by atoms with Crippen molar-refractivity contribution in [2.24, 2.45) is 11.8 Å². The van der Waals surface area contributed by atoms with E-state index < -0.39 is 23.8 Å². The number of nitrogens with one attached hydrogen (secondary N) is 1. The lowest BCUT2D eigenvalue weighted by Crippen LogP contribution is -2.36. The van der Waals surface area contributed by atoms with Gasteiger partial charge in [-0.05, 0) is 106 Å². The van der Waals surface area contributed by atoms with E-state index in [2.05, 4.69) is 17.4 Å².